The van der Waals surface area contributed by atoms with Crippen LogP contribution in [0, 0.1) is 5.82 Å². The maximum atomic E-state index is 12.7. The molecule has 0 bridgehead atoms. The summed E-state index contributed by atoms with van der Waals surface area (Å²) in [6.07, 6.45) is 0. The normalized spacial score (nSPS) is 10.1. The fourth-order valence-electron chi connectivity index (χ4n) is 1.58. The Morgan fingerprint density at radius 3 is 2.40 bits per heavy atom. The van der Waals surface area contributed by atoms with Gasteiger partial charge in [-0.1, -0.05) is 0 Å². The maximum absolute atomic E-state index is 12.7. The average Bonchev–Trinajstić information content (AvgIpc) is 2.46. The molecule has 2 N–H and O–H groups in total. The zero-order valence-corrected chi connectivity index (χ0v) is 10.7. The highest BCUT2D eigenvalue weighted by molar-refractivity contribution is 5.94. The largest absolute Gasteiger partial charge is 0.508 e. The summed E-state index contributed by atoms with van der Waals surface area (Å²) in [5.74, 6) is 0.123. The van der Waals surface area contributed by atoms with Crippen LogP contribution in [0.1, 0.15) is 10.4 Å². The number of hydrogen-bond acceptors (Lipinski definition) is 3. The van der Waals surface area contributed by atoms with Gasteiger partial charge in [0, 0.05) is 5.56 Å². The zero-order valence-electron chi connectivity index (χ0n) is 10.7. The number of rotatable bonds is 5. The second kappa shape index (κ2) is 6.56. The number of benzene rings is 2. The lowest BCUT2D eigenvalue weighted by Gasteiger charge is -2.08. The Hall–Kier alpha value is -2.56. The van der Waals surface area contributed by atoms with Crippen molar-refractivity contribution < 1.29 is 19.0 Å². The van der Waals surface area contributed by atoms with Crippen LogP contribution in [-0.4, -0.2) is 24.2 Å². The lowest BCUT2D eigenvalue weighted by molar-refractivity contribution is 0.0947. The van der Waals surface area contributed by atoms with Gasteiger partial charge < -0.3 is 15.2 Å². The predicted molar refractivity (Wildman–Crippen MR) is 72.3 cm³/mol. The minimum atomic E-state index is -0.378. The Morgan fingerprint density at radius 1 is 1.10 bits per heavy atom. The molecule has 2 aromatic rings. The molecule has 0 atom stereocenters. The van der Waals surface area contributed by atoms with Gasteiger partial charge in [-0.2, -0.15) is 0 Å². The Morgan fingerprint density at radius 2 is 1.75 bits per heavy atom. The first-order valence-corrected chi connectivity index (χ1v) is 6.11. The van der Waals surface area contributed by atoms with Gasteiger partial charge in [0.2, 0.25) is 0 Å². The monoisotopic (exact) mass is 275 g/mol. The summed E-state index contributed by atoms with van der Waals surface area (Å²) in [5, 5.41) is 11.8. The van der Waals surface area contributed by atoms with E-state index in [-0.39, 0.29) is 17.5 Å². The van der Waals surface area contributed by atoms with Crippen LogP contribution in [0.25, 0.3) is 0 Å². The Kier molecular flexibility index (Phi) is 4.55. The maximum Gasteiger partial charge on any atom is 0.251 e. The first-order chi connectivity index (χ1) is 9.65. The first kappa shape index (κ1) is 13.9. The molecular weight excluding hydrogens is 261 g/mol. The number of carbonyl (C=O) groups excluding carboxylic acids is 1. The molecule has 0 heterocycles. The van der Waals surface area contributed by atoms with Crippen molar-refractivity contribution in [3.8, 4) is 11.5 Å². The fourth-order valence-corrected chi connectivity index (χ4v) is 1.58. The molecule has 0 saturated heterocycles. The summed E-state index contributed by atoms with van der Waals surface area (Å²) in [7, 11) is 0. The average molecular weight is 275 g/mol. The molecule has 0 radical (unpaired) electrons. The summed E-state index contributed by atoms with van der Waals surface area (Å²) in [5.41, 5.74) is 0.399. The number of amides is 1. The van der Waals surface area contributed by atoms with E-state index in [1.165, 1.54) is 36.4 Å². The van der Waals surface area contributed by atoms with E-state index in [2.05, 4.69) is 5.32 Å². The van der Waals surface area contributed by atoms with Crippen molar-refractivity contribution in [2.24, 2.45) is 0 Å². The van der Waals surface area contributed by atoms with Crippen LogP contribution in [0.2, 0.25) is 0 Å². The van der Waals surface area contributed by atoms with Gasteiger partial charge in [-0.05, 0) is 48.5 Å². The van der Waals surface area contributed by atoms with Crippen molar-refractivity contribution in [3.63, 3.8) is 0 Å². The van der Waals surface area contributed by atoms with E-state index in [0.717, 1.165) is 0 Å². The van der Waals surface area contributed by atoms with Crippen LogP contribution < -0.4 is 10.1 Å². The van der Waals surface area contributed by atoms with Gasteiger partial charge in [0.15, 0.2) is 0 Å². The zero-order chi connectivity index (χ0) is 14.4. The molecule has 0 aliphatic rings. The molecule has 5 heteroatoms. The summed E-state index contributed by atoms with van der Waals surface area (Å²) >= 11 is 0. The highest BCUT2D eigenvalue weighted by Gasteiger charge is 2.04. The molecule has 4 nitrogen and oxygen atoms in total. The number of phenolic OH excluding ortho intramolecular Hbond substituents is 1. The van der Waals surface area contributed by atoms with Gasteiger partial charge in [-0.3, -0.25) is 4.79 Å². The molecule has 104 valence electrons. The number of phenols is 1. The quantitative estimate of drug-likeness (QED) is 0.823. The van der Waals surface area contributed by atoms with Crippen molar-refractivity contribution in [2.45, 2.75) is 0 Å². The molecule has 2 rings (SSSR count). The molecule has 0 aliphatic heterocycles. The third-order valence-corrected chi connectivity index (χ3v) is 2.60. The Balaban J connectivity index is 1.74. The van der Waals surface area contributed by atoms with E-state index in [4.69, 9.17) is 9.84 Å². The van der Waals surface area contributed by atoms with Crippen LogP contribution >= 0.6 is 0 Å². The highest BCUT2D eigenvalue weighted by atomic mass is 19.1. The second-order valence-corrected chi connectivity index (χ2v) is 4.11. The highest BCUT2D eigenvalue weighted by Crippen LogP contribution is 2.15. The molecule has 0 spiro atoms. The molecule has 0 aromatic heterocycles. The summed E-state index contributed by atoms with van der Waals surface area (Å²) < 4.78 is 18.1. The van der Waals surface area contributed by atoms with Gasteiger partial charge in [0.05, 0.1) is 6.54 Å². The summed E-state index contributed by atoms with van der Waals surface area (Å²) in [6, 6.07) is 11.6. The van der Waals surface area contributed by atoms with E-state index >= 15 is 0 Å². The van der Waals surface area contributed by atoms with E-state index < -0.39 is 0 Å². The van der Waals surface area contributed by atoms with Crippen LogP contribution in [-0.2, 0) is 0 Å². The smallest absolute Gasteiger partial charge is 0.251 e. The van der Waals surface area contributed by atoms with Gasteiger partial charge in [0.1, 0.15) is 23.9 Å². The number of nitrogens with one attached hydrogen (secondary N) is 1. The molecule has 0 fully saturated rings. The number of ether oxygens (including phenoxy) is 1. The lowest BCUT2D eigenvalue weighted by Crippen LogP contribution is -2.28. The van der Waals surface area contributed by atoms with Crippen molar-refractivity contribution in [1.82, 2.24) is 5.32 Å². The van der Waals surface area contributed by atoms with E-state index in [1.54, 1.807) is 12.1 Å². The van der Waals surface area contributed by atoms with Crippen LogP contribution in [0.4, 0.5) is 4.39 Å². The number of halogens is 1. The Bertz CT molecular complexity index is 567. The van der Waals surface area contributed by atoms with Gasteiger partial charge in [-0.15, -0.1) is 0 Å². The summed E-state index contributed by atoms with van der Waals surface area (Å²) in [6.45, 7) is 0.634. The summed E-state index contributed by atoms with van der Waals surface area (Å²) in [4.78, 5) is 11.7. The minimum absolute atomic E-state index is 0.168. The first-order valence-electron chi connectivity index (χ1n) is 6.11. The minimum Gasteiger partial charge on any atom is -0.508 e. The third kappa shape index (κ3) is 3.98. The van der Waals surface area contributed by atoms with Gasteiger partial charge >= 0.3 is 0 Å². The van der Waals surface area contributed by atoms with E-state index in [9.17, 15) is 9.18 Å². The number of carbonyl (C=O) groups is 1. The molecule has 1 amide bonds. The molecule has 0 saturated carbocycles. The number of hydrogen-bond donors (Lipinski definition) is 2. The standard InChI is InChI=1S/C15H14FNO3/c16-12-3-1-11(2-4-12)15(19)17-9-10-20-14-7-5-13(18)6-8-14/h1-8,18H,9-10H2,(H,17,19). The Labute approximate surface area is 115 Å². The molecule has 0 unspecified atom stereocenters. The third-order valence-electron chi connectivity index (χ3n) is 2.60. The predicted octanol–water partition coefficient (Wildman–Crippen LogP) is 2.34. The van der Waals surface area contributed by atoms with Gasteiger partial charge in [0.25, 0.3) is 5.91 Å². The van der Waals surface area contributed by atoms with Crippen molar-refractivity contribution >= 4 is 5.91 Å². The SMILES string of the molecule is O=C(NCCOc1ccc(O)cc1)c1ccc(F)cc1. The molecule has 20 heavy (non-hydrogen) atoms. The number of aromatic hydroxyl groups is 1. The van der Waals surface area contributed by atoms with E-state index in [1.807, 2.05) is 0 Å². The topological polar surface area (TPSA) is 58.6 Å². The molecule has 2 aromatic carbocycles. The van der Waals surface area contributed by atoms with Crippen LogP contribution in [0.5, 0.6) is 11.5 Å². The van der Waals surface area contributed by atoms with Crippen LogP contribution in [0.3, 0.4) is 0 Å². The second-order valence-electron chi connectivity index (χ2n) is 4.11. The molecular formula is C15H14FNO3. The van der Waals surface area contributed by atoms with Crippen molar-refractivity contribution in [3.05, 3.63) is 59.9 Å². The lowest BCUT2D eigenvalue weighted by atomic mass is 10.2. The van der Waals surface area contributed by atoms with Crippen molar-refractivity contribution in [2.75, 3.05) is 13.2 Å². The van der Waals surface area contributed by atoms with Gasteiger partial charge in [-0.25, -0.2) is 4.39 Å². The fraction of sp³-hybridized carbons (Fsp3) is 0.133. The van der Waals surface area contributed by atoms with Crippen LogP contribution in [0.15, 0.2) is 48.5 Å². The van der Waals surface area contributed by atoms with Crippen molar-refractivity contribution in [1.29, 1.82) is 0 Å². The van der Waals surface area contributed by atoms with E-state index in [0.29, 0.717) is 24.5 Å². The molecule has 0 aliphatic carbocycles.